The van der Waals surface area contributed by atoms with Crippen LogP contribution in [0, 0.1) is 0 Å². The summed E-state index contributed by atoms with van der Waals surface area (Å²) in [6.45, 7) is 3.94. The van der Waals surface area contributed by atoms with Gasteiger partial charge in [0.25, 0.3) is 5.91 Å². The minimum absolute atomic E-state index is 0.0489. The maximum Gasteiger partial charge on any atom is 0.251 e. The van der Waals surface area contributed by atoms with Gasteiger partial charge in [-0.05, 0) is 56.2 Å². The summed E-state index contributed by atoms with van der Waals surface area (Å²) in [7, 11) is 1.60. The smallest absolute Gasteiger partial charge is 0.251 e. The molecule has 5 heteroatoms. The normalized spacial score (nSPS) is 16.9. The number of benzene rings is 2. The van der Waals surface area contributed by atoms with E-state index in [1.807, 2.05) is 42.2 Å². The third-order valence-corrected chi connectivity index (χ3v) is 4.57. The molecule has 0 bridgehead atoms. The van der Waals surface area contributed by atoms with Gasteiger partial charge in [0.1, 0.15) is 6.04 Å². The van der Waals surface area contributed by atoms with Crippen LogP contribution in [-0.4, -0.2) is 30.9 Å². The Morgan fingerprint density at radius 1 is 1.12 bits per heavy atom. The Labute approximate surface area is 148 Å². The molecular formula is C20H23N3O2. The molecular weight excluding hydrogens is 314 g/mol. The highest BCUT2D eigenvalue weighted by atomic mass is 16.2. The van der Waals surface area contributed by atoms with Crippen molar-refractivity contribution in [3.05, 3.63) is 59.7 Å². The second kappa shape index (κ2) is 6.97. The molecule has 5 nitrogen and oxygen atoms in total. The van der Waals surface area contributed by atoms with E-state index >= 15 is 0 Å². The van der Waals surface area contributed by atoms with Gasteiger partial charge in [-0.1, -0.05) is 18.2 Å². The predicted octanol–water partition coefficient (Wildman–Crippen LogP) is 2.82. The van der Waals surface area contributed by atoms with Gasteiger partial charge >= 0.3 is 0 Å². The van der Waals surface area contributed by atoms with Crippen LogP contribution in [0.25, 0.3) is 0 Å². The summed E-state index contributed by atoms with van der Waals surface area (Å²) in [4.78, 5) is 26.4. The Kier molecular flexibility index (Phi) is 4.74. The minimum Gasteiger partial charge on any atom is -0.374 e. The minimum atomic E-state index is -0.362. The van der Waals surface area contributed by atoms with Gasteiger partial charge in [-0.3, -0.25) is 9.59 Å². The third-order valence-electron chi connectivity index (χ3n) is 4.57. The average molecular weight is 337 g/mol. The van der Waals surface area contributed by atoms with Crippen LogP contribution >= 0.6 is 0 Å². The van der Waals surface area contributed by atoms with Gasteiger partial charge in [0.15, 0.2) is 0 Å². The topological polar surface area (TPSA) is 61.4 Å². The Bertz CT molecular complexity index is 786. The molecule has 1 heterocycles. The van der Waals surface area contributed by atoms with Crippen LogP contribution in [0.4, 0.5) is 11.4 Å². The zero-order valence-electron chi connectivity index (χ0n) is 14.7. The molecule has 25 heavy (non-hydrogen) atoms. The van der Waals surface area contributed by atoms with Crippen molar-refractivity contribution >= 4 is 23.2 Å². The van der Waals surface area contributed by atoms with Crippen molar-refractivity contribution in [2.45, 2.75) is 32.4 Å². The van der Waals surface area contributed by atoms with Gasteiger partial charge in [-0.25, -0.2) is 0 Å². The fourth-order valence-corrected chi connectivity index (χ4v) is 3.28. The Balaban J connectivity index is 1.72. The molecule has 2 amide bonds. The van der Waals surface area contributed by atoms with E-state index in [1.54, 1.807) is 19.2 Å². The molecule has 2 aromatic rings. The van der Waals surface area contributed by atoms with Gasteiger partial charge in [-0.15, -0.1) is 0 Å². The fourth-order valence-electron chi connectivity index (χ4n) is 3.28. The number of hydrogen-bond acceptors (Lipinski definition) is 3. The lowest BCUT2D eigenvalue weighted by molar-refractivity contribution is -0.119. The lowest BCUT2D eigenvalue weighted by Crippen LogP contribution is -2.44. The zero-order valence-corrected chi connectivity index (χ0v) is 14.7. The van der Waals surface area contributed by atoms with E-state index in [2.05, 4.69) is 23.6 Å². The molecule has 0 radical (unpaired) electrons. The molecule has 3 rings (SSSR count). The number of hydrogen-bond donors (Lipinski definition) is 2. The first kappa shape index (κ1) is 17.0. The summed E-state index contributed by atoms with van der Waals surface area (Å²) in [6.07, 6.45) is 0.884. The SMILES string of the molecule is CNC(=O)c1ccc(N[C@H](C)C(=O)N2c3ccccc3C[C@@H]2C)cc1. The number of carbonyl (C=O) groups is 2. The van der Waals surface area contributed by atoms with Crippen molar-refractivity contribution in [3.63, 3.8) is 0 Å². The molecule has 0 aromatic heterocycles. The largest absolute Gasteiger partial charge is 0.374 e. The van der Waals surface area contributed by atoms with Crippen LogP contribution in [0.3, 0.4) is 0 Å². The van der Waals surface area contributed by atoms with Crippen LogP contribution in [0.15, 0.2) is 48.5 Å². The number of rotatable bonds is 4. The first-order valence-corrected chi connectivity index (χ1v) is 8.51. The van der Waals surface area contributed by atoms with Crippen molar-refractivity contribution in [3.8, 4) is 0 Å². The van der Waals surface area contributed by atoms with Crippen molar-refractivity contribution in [2.75, 3.05) is 17.3 Å². The van der Waals surface area contributed by atoms with Gasteiger partial charge in [0.2, 0.25) is 5.91 Å². The molecule has 1 aliphatic rings. The lowest BCUT2D eigenvalue weighted by atomic mass is 10.1. The standard InChI is InChI=1S/C20H23N3O2/c1-13-12-16-6-4-5-7-18(16)23(13)20(25)14(2)22-17-10-8-15(9-11-17)19(24)21-3/h4-11,13-14,22H,12H2,1-3H3,(H,21,24)/t13-,14+/m0/s1. The van der Waals surface area contributed by atoms with E-state index in [0.717, 1.165) is 17.8 Å². The van der Waals surface area contributed by atoms with Crippen molar-refractivity contribution in [1.82, 2.24) is 5.32 Å². The number of para-hydroxylation sites is 1. The highest BCUT2D eigenvalue weighted by Crippen LogP contribution is 2.32. The zero-order chi connectivity index (χ0) is 18.0. The number of fused-ring (bicyclic) bond motifs is 1. The lowest BCUT2D eigenvalue weighted by Gasteiger charge is -2.27. The van der Waals surface area contributed by atoms with Gasteiger partial charge < -0.3 is 15.5 Å². The van der Waals surface area contributed by atoms with Crippen LogP contribution in [0.1, 0.15) is 29.8 Å². The molecule has 2 aromatic carbocycles. The van der Waals surface area contributed by atoms with E-state index in [-0.39, 0.29) is 23.9 Å². The van der Waals surface area contributed by atoms with E-state index in [9.17, 15) is 9.59 Å². The second-order valence-corrected chi connectivity index (χ2v) is 6.41. The van der Waals surface area contributed by atoms with Crippen molar-refractivity contribution < 1.29 is 9.59 Å². The van der Waals surface area contributed by atoms with E-state index in [4.69, 9.17) is 0 Å². The number of amides is 2. The molecule has 1 aliphatic heterocycles. The predicted molar refractivity (Wildman–Crippen MR) is 100 cm³/mol. The Hall–Kier alpha value is -2.82. The molecule has 0 spiro atoms. The van der Waals surface area contributed by atoms with E-state index in [1.165, 1.54) is 5.56 Å². The summed E-state index contributed by atoms with van der Waals surface area (Å²) in [5.74, 6) is -0.0778. The number of nitrogens with zero attached hydrogens (tertiary/aromatic N) is 1. The quantitative estimate of drug-likeness (QED) is 0.902. The molecule has 0 fully saturated rings. The molecule has 2 atom stereocenters. The molecule has 0 saturated carbocycles. The Morgan fingerprint density at radius 2 is 1.80 bits per heavy atom. The van der Waals surface area contributed by atoms with Gasteiger partial charge in [-0.2, -0.15) is 0 Å². The molecule has 0 unspecified atom stereocenters. The number of nitrogens with one attached hydrogen (secondary N) is 2. The van der Waals surface area contributed by atoms with Crippen LogP contribution in [0.2, 0.25) is 0 Å². The van der Waals surface area contributed by atoms with Crippen LogP contribution in [-0.2, 0) is 11.2 Å². The number of anilines is 2. The molecule has 2 N–H and O–H groups in total. The molecule has 0 saturated heterocycles. The highest BCUT2D eigenvalue weighted by molar-refractivity contribution is 6.01. The fraction of sp³-hybridized carbons (Fsp3) is 0.300. The molecule has 130 valence electrons. The summed E-state index contributed by atoms with van der Waals surface area (Å²) in [6, 6.07) is 15.0. The van der Waals surface area contributed by atoms with Gasteiger partial charge in [0.05, 0.1) is 0 Å². The van der Waals surface area contributed by atoms with Crippen molar-refractivity contribution in [1.29, 1.82) is 0 Å². The summed E-state index contributed by atoms with van der Waals surface area (Å²) >= 11 is 0. The second-order valence-electron chi connectivity index (χ2n) is 6.41. The summed E-state index contributed by atoms with van der Waals surface area (Å²) in [5, 5.41) is 5.82. The van der Waals surface area contributed by atoms with Gasteiger partial charge in [0, 0.05) is 30.0 Å². The summed E-state index contributed by atoms with van der Waals surface area (Å²) < 4.78 is 0. The highest BCUT2D eigenvalue weighted by Gasteiger charge is 2.32. The van der Waals surface area contributed by atoms with Crippen LogP contribution < -0.4 is 15.5 Å². The molecule has 0 aliphatic carbocycles. The first-order valence-electron chi connectivity index (χ1n) is 8.51. The first-order chi connectivity index (χ1) is 12.0. The number of carbonyl (C=O) groups excluding carboxylic acids is 2. The van der Waals surface area contributed by atoms with E-state index < -0.39 is 0 Å². The monoisotopic (exact) mass is 337 g/mol. The maximum absolute atomic E-state index is 12.9. The van der Waals surface area contributed by atoms with E-state index in [0.29, 0.717) is 5.56 Å². The third kappa shape index (κ3) is 3.36. The maximum atomic E-state index is 12.9. The van der Waals surface area contributed by atoms with Crippen molar-refractivity contribution in [2.24, 2.45) is 0 Å². The summed E-state index contributed by atoms with van der Waals surface area (Å²) in [5.41, 5.74) is 3.62. The average Bonchev–Trinajstić information content (AvgIpc) is 2.96. The van der Waals surface area contributed by atoms with Crippen LogP contribution in [0.5, 0.6) is 0 Å². The Morgan fingerprint density at radius 3 is 2.48 bits per heavy atom.